The molecule has 2 aromatic carbocycles. The van der Waals surface area contributed by atoms with Crippen molar-refractivity contribution in [3.63, 3.8) is 0 Å². The van der Waals surface area contributed by atoms with Crippen molar-refractivity contribution in [2.24, 2.45) is 11.1 Å². The lowest BCUT2D eigenvalue weighted by molar-refractivity contribution is -0.117. The summed E-state index contributed by atoms with van der Waals surface area (Å²) in [6, 6.07) is 17.6. The van der Waals surface area contributed by atoms with Crippen molar-refractivity contribution in [3.8, 4) is 5.75 Å². The van der Waals surface area contributed by atoms with Crippen molar-refractivity contribution in [1.82, 2.24) is 0 Å². The molecule has 0 spiro atoms. The molecule has 0 aliphatic carbocycles. The zero-order chi connectivity index (χ0) is 18.3. The van der Waals surface area contributed by atoms with Crippen molar-refractivity contribution in [2.75, 3.05) is 18.0 Å². The number of amides is 1. The predicted molar refractivity (Wildman–Crippen MR) is 103 cm³/mol. The number of nitrogens with zero attached hydrogens (tertiary/aromatic N) is 1. The van der Waals surface area contributed by atoms with E-state index in [1.165, 1.54) is 0 Å². The Morgan fingerprint density at radius 2 is 1.68 bits per heavy atom. The summed E-state index contributed by atoms with van der Waals surface area (Å²) in [5.41, 5.74) is 7.63. The van der Waals surface area contributed by atoms with Gasteiger partial charge in [-0.3, -0.25) is 4.79 Å². The van der Waals surface area contributed by atoms with Gasteiger partial charge in [0.2, 0.25) is 5.91 Å². The molecule has 2 aromatic rings. The van der Waals surface area contributed by atoms with Crippen LogP contribution in [0, 0.1) is 5.41 Å². The molecule has 0 fully saturated rings. The second-order valence-electron chi connectivity index (χ2n) is 7.30. The first-order valence-electron chi connectivity index (χ1n) is 8.67. The lowest BCUT2D eigenvalue weighted by Crippen LogP contribution is -2.38. The number of para-hydroxylation sites is 2. The normalized spacial score (nSPS) is 11.2. The van der Waals surface area contributed by atoms with Gasteiger partial charge in [0, 0.05) is 6.54 Å². The molecule has 0 radical (unpaired) electrons. The zero-order valence-electron chi connectivity index (χ0n) is 15.4. The lowest BCUT2D eigenvalue weighted by Gasteiger charge is -2.28. The molecule has 1 amide bonds. The van der Waals surface area contributed by atoms with Gasteiger partial charge in [-0.05, 0) is 29.5 Å². The van der Waals surface area contributed by atoms with Crippen LogP contribution >= 0.6 is 0 Å². The monoisotopic (exact) mass is 340 g/mol. The third-order valence-electron chi connectivity index (χ3n) is 3.95. The van der Waals surface area contributed by atoms with E-state index in [2.05, 4.69) is 20.8 Å². The Labute approximate surface area is 150 Å². The highest BCUT2D eigenvalue weighted by Gasteiger charge is 2.21. The molecule has 2 rings (SSSR count). The summed E-state index contributed by atoms with van der Waals surface area (Å²) in [7, 11) is 0. The van der Waals surface area contributed by atoms with Crippen LogP contribution < -0.4 is 15.4 Å². The van der Waals surface area contributed by atoms with Crippen molar-refractivity contribution in [3.05, 3.63) is 60.2 Å². The van der Waals surface area contributed by atoms with Crippen LogP contribution in [0.4, 0.5) is 5.69 Å². The molecule has 0 aromatic heterocycles. The van der Waals surface area contributed by atoms with Crippen LogP contribution in [0.25, 0.3) is 0 Å². The van der Waals surface area contributed by atoms with Gasteiger partial charge >= 0.3 is 0 Å². The van der Waals surface area contributed by atoms with Gasteiger partial charge < -0.3 is 15.4 Å². The van der Waals surface area contributed by atoms with Crippen molar-refractivity contribution in [2.45, 2.75) is 33.8 Å². The molecule has 0 bridgehead atoms. The van der Waals surface area contributed by atoms with Gasteiger partial charge in [0.1, 0.15) is 12.4 Å². The first kappa shape index (κ1) is 19.0. The molecule has 0 saturated carbocycles. The molecule has 0 atom stereocenters. The van der Waals surface area contributed by atoms with Gasteiger partial charge in [-0.2, -0.15) is 0 Å². The standard InChI is InChI=1S/C21H28N2O2/c1-21(2,3)13-14-23(20(24)15-22)18-11-7-8-12-19(18)25-16-17-9-5-4-6-10-17/h4-12H,13-16,22H2,1-3H3. The van der Waals surface area contributed by atoms with E-state index in [0.29, 0.717) is 18.9 Å². The molecule has 0 saturated heterocycles. The van der Waals surface area contributed by atoms with Crippen LogP contribution in [0.2, 0.25) is 0 Å². The number of benzene rings is 2. The fraction of sp³-hybridized carbons (Fsp3) is 0.381. The number of ether oxygens (including phenoxy) is 1. The van der Waals surface area contributed by atoms with Gasteiger partial charge in [0.15, 0.2) is 0 Å². The van der Waals surface area contributed by atoms with Crippen LogP contribution in [-0.4, -0.2) is 19.0 Å². The number of hydrogen-bond donors (Lipinski definition) is 1. The topological polar surface area (TPSA) is 55.6 Å². The molecule has 0 heterocycles. The first-order chi connectivity index (χ1) is 11.9. The SMILES string of the molecule is CC(C)(C)CCN(C(=O)CN)c1ccccc1OCc1ccccc1. The quantitative estimate of drug-likeness (QED) is 0.829. The molecule has 4 nitrogen and oxygen atoms in total. The molecule has 0 aliphatic heterocycles. The van der Waals surface area contributed by atoms with Crippen molar-refractivity contribution < 1.29 is 9.53 Å². The summed E-state index contributed by atoms with van der Waals surface area (Å²) in [6.07, 6.45) is 0.881. The van der Waals surface area contributed by atoms with Gasteiger partial charge in [-0.15, -0.1) is 0 Å². The van der Waals surface area contributed by atoms with E-state index < -0.39 is 0 Å². The maximum Gasteiger partial charge on any atom is 0.240 e. The molecular weight excluding hydrogens is 312 g/mol. The van der Waals surface area contributed by atoms with Crippen LogP contribution in [0.15, 0.2) is 54.6 Å². The fourth-order valence-corrected chi connectivity index (χ4v) is 2.47. The van der Waals surface area contributed by atoms with E-state index in [0.717, 1.165) is 17.7 Å². The number of hydrogen-bond acceptors (Lipinski definition) is 3. The summed E-state index contributed by atoms with van der Waals surface area (Å²) in [4.78, 5) is 14.1. The average Bonchev–Trinajstić information content (AvgIpc) is 2.60. The van der Waals surface area contributed by atoms with E-state index >= 15 is 0 Å². The van der Waals surface area contributed by atoms with Gasteiger partial charge in [-0.25, -0.2) is 0 Å². The second kappa shape index (κ2) is 8.67. The van der Waals surface area contributed by atoms with Crippen LogP contribution in [0.5, 0.6) is 5.75 Å². The number of carbonyl (C=O) groups excluding carboxylic acids is 1. The largest absolute Gasteiger partial charge is 0.487 e. The summed E-state index contributed by atoms with van der Waals surface area (Å²) in [5, 5.41) is 0. The van der Waals surface area contributed by atoms with Crippen molar-refractivity contribution in [1.29, 1.82) is 0 Å². The Bertz CT molecular complexity index is 678. The second-order valence-corrected chi connectivity index (χ2v) is 7.30. The number of anilines is 1. The Morgan fingerprint density at radius 3 is 2.32 bits per heavy atom. The highest BCUT2D eigenvalue weighted by Crippen LogP contribution is 2.30. The molecular formula is C21H28N2O2. The molecule has 134 valence electrons. The van der Waals surface area contributed by atoms with Crippen molar-refractivity contribution >= 4 is 11.6 Å². The number of rotatable bonds is 7. The fourth-order valence-electron chi connectivity index (χ4n) is 2.47. The minimum Gasteiger partial charge on any atom is -0.487 e. The maximum absolute atomic E-state index is 12.4. The minimum atomic E-state index is -0.0972. The third-order valence-corrected chi connectivity index (χ3v) is 3.95. The van der Waals surface area contributed by atoms with Gasteiger partial charge in [0.05, 0.1) is 12.2 Å². The average molecular weight is 340 g/mol. The minimum absolute atomic E-state index is 0.0167. The molecule has 2 N–H and O–H groups in total. The predicted octanol–water partition coefficient (Wildman–Crippen LogP) is 3.99. The molecule has 0 unspecified atom stereocenters. The van der Waals surface area contributed by atoms with Gasteiger partial charge in [0.25, 0.3) is 0 Å². The summed E-state index contributed by atoms with van der Waals surface area (Å²) >= 11 is 0. The highest BCUT2D eigenvalue weighted by molar-refractivity contribution is 5.96. The summed E-state index contributed by atoms with van der Waals surface area (Å²) < 4.78 is 6.00. The zero-order valence-corrected chi connectivity index (χ0v) is 15.4. The lowest BCUT2D eigenvalue weighted by atomic mass is 9.92. The smallest absolute Gasteiger partial charge is 0.240 e. The molecule has 25 heavy (non-hydrogen) atoms. The van der Waals surface area contributed by atoms with E-state index in [4.69, 9.17) is 10.5 Å². The van der Waals surface area contributed by atoms with E-state index in [9.17, 15) is 4.79 Å². The Balaban J connectivity index is 2.20. The van der Waals surface area contributed by atoms with E-state index in [1.54, 1.807) is 4.90 Å². The number of nitrogens with two attached hydrogens (primary N) is 1. The highest BCUT2D eigenvalue weighted by atomic mass is 16.5. The molecule has 4 heteroatoms. The van der Waals surface area contributed by atoms with Gasteiger partial charge in [-0.1, -0.05) is 63.2 Å². The Hall–Kier alpha value is -2.33. The summed E-state index contributed by atoms with van der Waals surface area (Å²) in [6.45, 7) is 7.55. The molecule has 0 aliphatic rings. The third kappa shape index (κ3) is 5.91. The van der Waals surface area contributed by atoms with Crippen LogP contribution in [0.1, 0.15) is 32.8 Å². The van der Waals surface area contributed by atoms with E-state index in [1.807, 2.05) is 54.6 Å². The maximum atomic E-state index is 12.4. The van der Waals surface area contributed by atoms with Crippen LogP contribution in [-0.2, 0) is 11.4 Å². The Morgan fingerprint density at radius 1 is 1.04 bits per heavy atom. The van der Waals surface area contributed by atoms with E-state index in [-0.39, 0.29) is 17.9 Å². The summed E-state index contributed by atoms with van der Waals surface area (Å²) in [5.74, 6) is 0.599. The number of carbonyl (C=O) groups is 1. The first-order valence-corrected chi connectivity index (χ1v) is 8.67. The van der Waals surface area contributed by atoms with Crippen LogP contribution in [0.3, 0.4) is 0 Å². The Kier molecular flexibility index (Phi) is 6.59.